The lowest BCUT2D eigenvalue weighted by Crippen LogP contribution is -2.32. The summed E-state index contributed by atoms with van der Waals surface area (Å²) in [5.41, 5.74) is 6.32. The molecular weight excluding hydrogens is 260 g/mol. The number of anilines is 1. The molecule has 1 rings (SSSR count). The van der Waals surface area contributed by atoms with Crippen LogP contribution in [0.4, 0.5) is 5.69 Å². The number of nitrogen functional groups attached to an aromatic ring is 1. The molecule has 6 nitrogen and oxygen atoms in total. The lowest BCUT2D eigenvalue weighted by molar-refractivity contribution is -0.123. The average molecular weight is 280 g/mol. The van der Waals surface area contributed by atoms with Crippen molar-refractivity contribution in [3.05, 3.63) is 23.8 Å². The van der Waals surface area contributed by atoms with E-state index in [4.69, 9.17) is 10.5 Å². The summed E-state index contributed by atoms with van der Waals surface area (Å²) in [4.78, 5) is 23.1. The summed E-state index contributed by atoms with van der Waals surface area (Å²) in [5, 5.41) is 2.72. The number of rotatable bonds is 6. The van der Waals surface area contributed by atoms with Gasteiger partial charge in [-0.25, -0.2) is 4.79 Å². The van der Waals surface area contributed by atoms with Crippen LogP contribution in [0.3, 0.4) is 0 Å². The first-order chi connectivity index (χ1) is 9.43. The maximum atomic E-state index is 11.6. The number of nitrogens with two attached hydrogens (primary N) is 1. The van der Waals surface area contributed by atoms with Crippen molar-refractivity contribution in [2.24, 2.45) is 5.92 Å². The van der Waals surface area contributed by atoms with Gasteiger partial charge in [0.2, 0.25) is 0 Å². The molecule has 0 atom stereocenters. The minimum absolute atomic E-state index is 0.180. The van der Waals surface area contributed by atoms with E-state index in [1.54, 1.807) is 6.07 Å². The molecule has 0 aromatic heterocycles. The number of esters is 1. The molecule has 20 heavy (non-hydrogen) atoms. The molecule has 0 radical (unpaired) electrons. The number of amides is 1. The van der Waals surface area contributed by atoms with Gasteiger partial charge in [-0.05, 0) is 18.1 Å². The zero-order valence-electron chi connectivity index (χ0n) is 11.9. The standard InChI is InChI=1S/C14H20N2O4/c1-9(2)7-16-13(17)8-20-12-6-10(15)4-5-11(12)14(18)19-3/h4-6,9H,7-8,15H2,1-3H3,(H,16,17). The second-order valence-corrected chi connectivity index (χ2v) is 4.73. The van der Waals surface area contributed by atoms with Gasteiger partial charge < -0.3 is 20.5 Å². The van der Waals surface area contributed by atoms with Gasteiger partial charge in [-0.1, -0.05) is 13.8 Å². The molecule has 1 amide bonds. The molecule has 0 aliphatic rings. The van der Waals surface area contributed by atoms with Crippen LogP contribution in [0.5, 0.6) is 5.75 Å². The highest BCUT2D eigenvalue weighted by Gasteiger charge is 2.14. The van der Waals surface area contributed by atoms with Gasteiger partial charge in [-0.15, -0.1) is 0 Å². The van der Waals surface area contributed by atoms with Gasteiger partial charge in [0.25, 0.3) is 5.91 Å². The van der Waals surface area contributed by atoms with Crippen LogP contribution in [-0.2, 0) is 9.53 Å². The quantitative estimate of drug-likeness (QED) is 0.603. The molecule has 0 aliphatic carbocycles. The Hall–Kier alpha value is -2.24. The summed E-state index contributed by atoms with van der Waals surface area (Å²) < 4.78 is 9.98. The third-order valence-corrected chi connectivity index (χ3v) is 2.48. The van der Waals surface area contributed by atoms with E-state index in [1.165, 1.54) is 19.2 Å². The highest BCUT2D eigenvalue weighted by atomic mass is 16.5. The van der Waals surface area contributed by atoms with E-state index < -0.39 is 5.97 Å². The van der Waals surface area contributed by atoms with Crippen LogP contribution in [-0.4, -0.2) is 32.1 Å². The average Bonchev–Trinajstić information content (AvgIpc) is 2.42. The van der Waals surface area contributed by atoms with E-state index in [1.807, 2.05) is 13.8 Å². The lowest BCUT2D eigenvalue weighted by Gasteiger charge is -2.12. The number of nitrogens with one attached hydrogen (secondary N) is 1. The fraction of sp³-hybridized carbons (Fsp3) is 0.429. The second kappa shape index (κ2) is 7.37. The third kappa shape index (κ3) is 4.79. The van der Waals surface area contributed by atoms with Gasteiger partial charge >= 0.3 is 5.97 Å². The monoisotopic (exact) mass is 280 g/mol. The van der Waals surface area contributed by atoms with Crippen molar-refractivity contribution >= 4 is 17.6 Å². The molecule has 0 bridgehead atoms. The smallest absolute Gasteiger partial charge is 0.341 e. The Morgan fingerprint density at radius 1 is 1.35 bits per heavy atom. The Bertz CT molecular complexity index is 486. The molecule has 0 heterocycles. The van der Waals surface area contributed by atoms with Crippen LogP contribution < -0.4 is 15.8 Å². The van der Waals surface area contributed by atoms with Gasteiger partial charge in [0.1, 0.15) is 11.3 Å². The number of hydrogen-bond acceptors (Lipinski definition) is 5. The zero-order chi connectivity index (χ0) is 15.1. The second-order valence-electron chi connectivity index (χ2n) is 4.73. The van der Waals surface area contributed by atoms with Crippen molar-refractivity contribution in [3.8, 4) is 5.75 Å². The van der Waals surface area contributed by atoms with Crippen molar-refractivity contribution in [1.82, 2.24) is 5.32 Å². The van der Waals surface area contributed by atoms with Crippen molar-refractivity contribution in [3.63, 3.8) is 0 Å². The Labute approximate surface area is 118 Å². The minimum atomic E-state index is -0.539. The van der Waals surface area contributed by atoms with Crippen LogP contribution in [0.1, 0.15) is 24.2 Å². The molecule has 0 fully saturated rings. The van der Waals surface area contributed by atoms with E-state index >= 15 is 0 Å². The van der Waals surface area contributed by atoms with E-state index in [0.717, 1.165) is 0 Å². The topological polar surface area (TPSA) is 90.7 Å². The number of benzene rings is 1. The molecule has 6 heteroatoms. The number of carbonyl (C=O) groups is 2. The Balaban J connectivity index is 2.69. The fourth-order valence-electron chi connectivity index (χ4n) is 1.45. The predicted molar refractivity (Wildman–Crippen MR) is 75.5 cm³/mol. The largest absolute Gasteiger partial charge is 0.483 e. The molecule has 0 saturated heterocycles. The Morgan fingerprint density at radius 2 is 2.05 bits per heavy atom. The van der Waals surface area contributed by atoms with Crippen molar-refractivity contribution in [2.75, 3.05) is 26.0 Å². The molecule has 0 saturated carbocycles. The molecular formula is C14H20N2O4. The number of ether oxygens (including phenoxy) is 2. The van der Waals surface area contributed by atoms with Gasteiger partial charge in [-0.3, -0.25) is 4.79 Å². The first-order valence-corrected chi connectivity index (χ1v) is 6.31. The molecule has 0 unspecified atom stereocenters. The van der Waals surface area contributed by atoms with Crippen LogP contribution in [0.2, 0.25) is 0 Å². The molecule has 1 aromatic rings. The predicted octanol–water partition coefficient (Wildman–Crippen LogP) is 1.21. The highest BCUT2D eigenvalue weighted by molar-refractivity contribution is 5.93. The van der Waals surface area contributed by atoms with Crippen LogP contribution >= 0.6 is 0 Å². The Kier molecular flexibility index (Phi) is 5.83. The highest BCUT2D eigenvalue weighted by Crippen LogP contribution is 2.22. The van der Waals surface area contributed by atoms with Gasteiger partial charge in [0.15, 0.2) is 6.61 Å². The van der Waals surface area contributed by atoms with E-state index in [9.17, 15) is 9.59 Å². The van der Waals surface area contributed by atoms with Crippen LogP contribution in [0.25, 0.3) is 0 Å². The fourth-order valence-corrected chi connectivity index (χ4v) is 1.45. The minimum Gasteiger partial charge on any atom is -0.483 e. The number of carbonyl (C=O) groups excluding carboxylic acids is 2. The zero-order valence-corrected chi connectivity index (χ0v) is 11.9. The molecule has 3 N–H and O–H groups in total. The van der Waals surface area contributed by atoms with Gasteiger partial charge in [-0.2, -0.15) is 0 Å². The molecule has 110 valence electrons. The normalized spacial score (nSPS) is 10.2. The summed E-state index contributed by atoms with van der Waals surface area (Å²) in [6.07, 6.45) is 0. The van der Waals surface area contributed by atoms with Crippen LogP contribution in [0.15, 0.2) is 18.2 Å². The van der Waals surface area contributed by atoms with Gasteiger partial charge in [0, 0.05) is 18.3 Å². The summed E-state index contributed by atoms with van der Waals surface area (Å²) >= 11 is 0. The number of methoxy groups -OCH3 is 1. The van der Waals surface area contributed by atoms with Crippen LogP contribution in [0, 0.1) is 5.92 Å². The van der Waals surface area contributed by atoms with Crippen molar-refractivity contribution in [1.29, 1.82) is 0 Å². The van der Waals surface area contributed by atoms with E-state index in [0.29, 0.717) is 18.2 Å². The summed E-state index contributed by atoms with van der Waals surface area (Å²) in [6, 6.07) is 4.56. The maximum absolute atomic E-state index is 11.6. The first-order valence-electron chi connectivity index (χ1n) is 6.31. The van der Waals surface area contributed by atoms with Gasteiger partial charge in [0.05, 0.1) is 7.11 Å². The summed E-state index contributed by atoms with van der Waals surface area (Å²) in [6.45, 7) is 4.38. The molecule has 1 aromatic carbocycles. The Morgan fingerprint density at radius 3 is 2.65 bits per heavy atom. The summed E-state index contributed by atoms with van der Waals surface area (Å²) in [7, 11) is 1.28. The van der Waals surface area contributed by atoms with Crippen molar-refractivity contribution in [2.45, 2.75) is 13.8 Å². The number of hydrogen-bond donors (Lipinski definition) is 2. The molecule has 0 aliphatic heterocycles. The lowest BCUT2D eigenvalue weighted by atomic mass is 10.2. The molecule has 0 spiro atoms. The first kappa shape index (κ1) is 15.8. The third-order valence-electron chi connectivity index (χ3n) is 2.48. The summed E-state index contributed by atoms with van der Waals surface area (Å²) in [5.74, 6) is -0.201. The van der Waals surface area contributed by atoms with E-state index in [2.05, 4.69) is 10.1 Å². The SMILES string of the molecule is COC(=O)c1ccc(N)cc1OCC(=O)NCC(C)C. The van der Waals surface area contributed by atoms with Crippen molar-refractivity contribution < 1.29 is 19.1 Å². The maximum Gasteiger partial charge on any atom is 0.341 e. The van der Waals surface area contributed by atoms with E-state index in [-0.39, 0.29) is 23.8 Å².